The lowest BCUT2D eigenvalue weighted by molar-refractivity contribution is -0.149. The van der Waals surface area contributed by atoms with Crippen molar-refractivity contribution in [2.24, 2.45) is 11.8 Å². The Balaban J connectivity index is 1.74. The average Bonchev–Trinajstić information content (AvgIpc) is 3.16. The molecule has 2 aliphatic carbocycles. The minimum Gasteiger partial charge on any atom is -0.480 e. The van der Waals surface area contributed by atoms with Crippen molar-refractivity contribution in [3.8, 4) is 0 Å². The van der Waals surface area contributed by atoms with Crippen LogP contribution in [0.15, 0.2) is 0 Å². The predicted molar refractivity (Wildman–Crippen MR) is 76.5 cm³/mol. The Bertz CT molecular complexity index is 429. The fraction of sp³-hybridized carbons (Fsp3) is 0.800. The highest BCUT2D eigenvalue weighted by Crippen LogP contribution is 2.37. The van der Waals surface area contributed by atoms with E-state index in [9.17, 15) is 19.5 Å². The number of carbonyl (C=O) groups excluding carboxylic acids is 2. The topological polar surface area (TPSA) is 95.5 Å². The Morgan fingerprint density at radius 3 is 2.33 bits per heavy atom. The number of nitrogens with one attached hydrogen (secondary N) is 2. The maximum absolute atomic E-state index is 11.9. The van der Waals surface area contributed by atoms with Crippen molar-refractivity contribution >= 4 is 17.8 Å². The molecule has 21 heavy (non-hydrogen) atoms. The van der Waals surface area contributed by atoms with Crippen LogP contribution in [0.5, 0.6) is 0 Å². The second kappa shape index (κ2) is 6.45. The summed E-state index contributed by atoms with van der Waals surface area (Å²) in [5, 5.41) is 14.8. The first-order valence-electron chi connectivity index (χ1n) is 7.77. The zero-order valence-corrected chi connectivity index (χ0v) is 12.5. The van der Waals surface area contributed by atoms with Gasteiger partial charge in [0.15, 0.2) is 0 Å². The zero-order valence-electron chi connectivity index (χ0n) is 12.5. The quantitative estimate of drug-likeness (QED) is 0.682. The van der Waals surface area contributed by atoms with Crippen LogP contribution in [0.2, 0.25) is 0 Å². The maximum atomic E-state index is 11.9. The second-order valence-corrected chi connectivity index (χ2v) is 6.36. The highest BCUT2D eigenvalue weighted by molar-refractivity contribution is 5.87. The third-order valence-electron chi connectivity index (χ3n) is 4.59. The van der Waals surface area contributed by atoms with Crippen molar-refractivity contribution in [1.82, 2.24) is 10.6 Å². The molecule has 118 valence electrons. The maximum Gasteiger partial charge on any atom is 0.329 e. The summed E-state index contributed by atoms with van der Waals surface area (Å²) >= 11 is 0. The third-order valence-corrected chi connectivity index (χ3v) is 4.59. The van der Waals surface area contributed by atoms with E-state index in [0.717, 1.165) is 25.7 Å². The number of hydrogen-bond donors (Lipinski definition) is 3. The lowest BCUT2D eigenvalue weighted by atomic mass is 9.81. The molecule has 2 rings (SSSR count). The summed E-state index contributed by atoms with van der Waals surface area (Å²) in [7, 11) is 0. The molecular formula is C15H24N2O4. The van der Waals surface area contributed by atoms with Gasteiger partial charge in [-0.1, -0.05) is 26.2 Å². The van der Waals surface area contributed by atoms with E-state index in [0.29, 0.717) is 18.8 Å². The fourth-order valence-corrected chi connectivity index (χ4v) is 2.99. The van der Waals surface area contributed by atoms with E-state index in [1.165, 1.54) is 0 Å². The van der Waals surface area contributed by atoms with Crippen LogP contribution in [0.1, 0.15) is 51.9 Å². The lowest BCUT2D eigenvalue weighted by Gasteiger charge is -2.34. The van der Waals surface area contributed by atoms with Gasteiger partial charge in [-0.2, -0.15) is 0 Å². The molecule has 3 N–H and O–H groups in total. The van der Waals surface area contributed by atoms with Gasteiger partial charge < -0.3 is 15.7 Å². The third kappa shape index (κ3) is 3.95. The zero-order chi connectivity index (χ0) is 15.5. The Morgan fingerprint density at radius 1 is 1.19 bits per heavy atom. The van der Waals surface area contributed by atoms with E-state index in [4.69, 9.17) is 0 Å². The monoisotopic (exact) mass is 296 g/mol. The second-order valence-electron chi connectivity index (χ2n) is 6.36. The molecule has 0 aliphatic heterocycles. The number of carbonyl (C=O) groups is 3. The van der Waals surface area contributed by atoms with Crippen LogP contribution in [0.3, 0.4) is 0 Å². The smallest absolute Gasteiger partial charge is 0.329 e. The van der Waals surface area contributed by atoms with Crippen molar-refractivity contribution in [2.45, 2.75) is 57.4 Å². The first-order valence-corrected chi connectivity index (χ1v) is 7.77. The van der Waals surface area contributed by atoms with Gasteiger partial charge in [-0.15, -0.1) is 0 Å². The first kappa shape index (κ1) is 15.8. The van der Waals surface area contributed by atoms with Gasteiger partial charge in [0.05, 0.1) is 0 Å². The summed E-state index contributed by atoms with van der Waals surface area (Å²) in [6.07, 6.45) is 4.67. The first-order chi connectivity index (χ1) is 9.94. The van der Waals surface area contributed by atoms with Crippen molar-refractivity contribution in [3.63, 3.8) is 0 Å². The normalized spacial score (nSPS) is 26.7. The molecule has 2 atom stereocenters. The molecule has 0 saturated heterocycles. The molecule has 2 unspecified atom stereocenters. The van der Waals surface area contributed by atoms with Gasteiger partial charge in [-0.05, 0) is 25.2 Å². The van der Waals surface area contributed by atoms with Crippen LogP contribution in [-0.4, -0.2) is 35.0 Å². The molecule has 0 radical (unpaired) electrons. The Morgan fingerprint density at radius 2 is 1.81 bits per heavy atom. The van der Waals surface area contributed by atoms with E-state index in [1.54, 1.807) is 0 Å². The minimum atomic E-state index is -1.11. The molecule has 2 saturated carbocycles. The highest BCUT2D eigenvalue weighted by atomic mass is 16.4. The van der Waals surface area contributed by atoms with Gasteiger partial charge in [-0.25, -0.2) is 4.79 Å². The Labute approximate surface area is 124 Å². The van der Waals surface area contributed by atoms with Crippen LogP contribution in [0, 0.1) is 11.8 Å². The van der Waals surface area contributed by atoms with E-state index in [-0.39, 0.29) is 30.7 Å². The SMILES string of the molecule is CC1CC1C(=O)NCCC(=O)NC1(C(=O)O)CCCCC1. The van der Waals surface area contributed by atoms with Crippen LogP contribution >= 0.6 is 0 Å². The van der Waals surface area contributed by atoms with Crippen LogP contribution in [0.25, 0.3) is 0 Å². The predicted octanol–water partition coefficient (Wildman–Crippen LogP) is 1.05. The van der Waals surface area contributed by atoms with E-state index in [1.807, 2.05) is 6.92 Å². The van der Waals surface area contributed by atoms with Gasteiger partial charge in [0.2, 0.25) is 11.8 Å². The van der Waals surface area contributed by atoms with Crippen molar-refractivity contribution in [1.29, 1.82) is 0 Å². The molecule has 0 aromatic heterocycles. The van der Waals surface area contributed by atoms with Crippen LogP contribution < -0.4 is 10.6 Å². The molecule has 2 fully saturated rings. The van der Waals surface area contributed by atoms with Crippen molar-refractivity contribution in [3.05, 3.63) is 0 Å². The number of rotatable bonds is 6. The number of carboxylic acids is 1. The standard InChI is InChI=1S/C15H24N2O4/c1-10-9-11(10)13(19)16-8-5-12(18)17-15(14(20)21)6-3-2-4-7-15/h10-11H,2-9H2,1H3,(H,16,19)(H,17,18)(H,20,21). The van der Waals surface area contributed by atoms with Crippen LogP contribution in [0.4, 0.5) is 0 Å². The molecule has 0 bridgehead atoms. The molecule has 0 spiro atoms. The van der Waals surface area contributed by atoms with Crippen molar-refractivity contribution < 1.29 is 19.5 Å². The molecule has 6 nitrogen and oxygen atoms in total. The number of carboxylic acid groups (broad SMARTS) is 1. The van der Waals surface area contributed by atoms with Crippen molar-refractivity contribution in [2.75, 3.05) is 6.54 Å². The Kier molecular flexibility index (Phi) is 4.85. The summed E-state index contributed by atoms with van der Waals surface area (Å²) in [6, 6.07) is 0. The molecule has 6 heteroatoms. The van der Waals surface area contributed by atoms with E-state index >= 15 is 0 Å². The molecule has 0 aromatic carbocycles. The summed E-state index contributed by atoms with van der Waals surface area (Å²) in [6.45, 7) is 2.29. The minimum absolute atomic E-state index is 0.000847. The molecular weight excluding hydrogens is 272 g/mol. The van der Waals surface area contributed by atoms with Gasteiger partial charge in [0.25, 0.3) is 0 Å². The van der Waals surface area contributed by atoms with Crippen LogP contribution in [-0.2, 0) is 14.4 Å². The molecule has 2 aliphatic rings. The lowest BCUT2D eigenvalue weighted by Crippen LogP contribution is -2.55. The summed E-state index contributed by atoms with van der Waals surface area (Å²) in [4.78, 5) is 35.0. The summed E-state index contributed by atoms with van der Waals surface area (Å²) in [5.74, 6) is -0.719. The number of hydrogen-bond acceptors (Lipinski definition) is 3. The fourth-order valence-electron chi connectivity index (χ4n) is 2.99. The van der Waals surface area contributed by atoms with Gasteiger partial charge in [-0.3, -0.25) is 9.59 Å². The molecule has 2 amide bonds. The highest BCUT2D eigenvalue weighted by Gasteiger charge is 2.41. The largest absolute Gasteiger partial charge is 0.480 e. The molecule has 0 heterocycles. The number of aliphatic carboxylic acids is 1. The van der Waals surface area contributed by atoms with E-state index < -0.39 is 11.5 Å². The van der Waals surface area contributed by atoms with Gasteiger partial charge >= 0.3 is 5.97 Å². The number of amides is 2. The van der Waals surface area contributed by atoms with Gasteiger partial charge in [0, 0.05) is 18.9 Å². The molecule has 0 aromatic rings. The summed E-state index contributed by atoms with van der Waals surface area (Å²) in [5.41, 5.74) is -1.11. The van der Waals surface area contributed by atoms with E-state index in [2.05, 4.69) is 10.6 Å². The average molecular weight is 296 g/mol. The van der Waals surface area contributed by atoms with Gasteiger partial charge in [0.1, 0.15) is 5.54 Å². The Hall–Kier alpha value is -1.59. The summed E-state index contributed by atoms with van der Waals surface area (Å²) < 4.78 is 0.